The first-order valence-electron chi connectivity index (χ1n) is 4.47. The first-order valence-corrected chi connectivity index (χ1v) is 5.69. The van der Waals surface area contributed by atoms with Gasteiger partial charge in [-0.05, 0) is 30.4 Å². The quantitative estimate of drug-likeness (QED) is 0.547. The summed E-state index contributed by atoms with van der Waals surface area (Å²) in [6, 6.07) is 3.91. The van der Waals surface area contributed by atoms with Crippen molar-refractivity contribution >= 4 is 29.0 Å². The topological polar surface area (TPSA) is 55.1 Å². The summed E-state index contributed by atoms with van der Waals surface area (Å²) in [5.41, 5.74) is 8.71. The van der Waals surface area contributed by atoms with Gasteiger partial charge < -0.3 is 11.1 Å². The Morgan fingerprint density at radius 3 is 2.93 bits per heavy atom. The molecule has 0 bridgehead atoms. The Morgan fingerprint density at radius 1 is 1.43 bits per heavy atom. The molecule has 0 unspecified atom stereocenters. The molecule has 74 valence electrons. The molecule has 3 nitrogen and oxygen atoms in total. The van der Waals surface area contributed by atoms with Gasteiger partial charge in [-0.3, -0.25) is 4.79 Å². The zero-order valence-corrected chi connectivity index (χ0v) is 8.78. The molecule has 1 heterocycles. The van der Waals surface area contributed by atoms with Crippen molar-refractivity contribution in [2.75, 3.05) is 17.3 Å². The van der Waals surface area contributed by atoms with E-state index in [1.54, 1.807) is 11.8 Å². The summed E-state index contributed by atoms with van der Waals surface area (Å²) in [6.07, 6.45) is 3.33. The Labute approximate surface area is 87.1 Å². The van der Waals surface area contributed by atoms with E-state index < -0.39 is 0 Å². The number of aryl methyl sites for hydroxylation is 1. The summed E-state index contributed by atoms with van der Waals surface area (Å²) < 4.78 is 0. The number of carbonyl (C=O) groups excluding carboxylic acids is 1. The van der Waals surface area contributed by atoms with Crippen molar-refractivity contribution in [1.82, 2.24) is 0 Å². The van der Waals surface area contributed by atoms with Crippen molar-refractivity contribution in [2.45, 2.75) is 17.7 Å². The molecule has 0 fully saturated rings. The van der Waals surface area contributed by atoms with Gasteiger partial charge in [0.2, 0.25) is 5.91 Å². The zero-order chi connectivity index (χ0) is 10.1. The molecule has 1 aromatic carbocycles. The molecule has 0 spiro atoms. The molecule has 0 saturated carbocycles. The average Bonchev–Trinajstić information content (AvgIpc) is 2.17. The number of hydrogen-bond donors (Lipinski definition) is 2. The lowest BCUT2D eigenvalue weighted by Gasteiger charge is -2.18. The van der Waals surface area contributed by atoms with Gasteiger partial charge in [0.25, 0.3) is 0 Å². The molecule has 14 heavy (non-hydrogen) atoms. The number of carbonyl (C=O) groups is 1. The predicted molar refractivity (Wildman–Crippen MR) is 59.6 cm³/mol. The molecule has 0 aromatic heterocycles. The lowest BCUT2D eigenvalue weighted by molar-refractivity contribution is -0.116. The second kappa shape index (κ2) is 3.53. The largest absolute Gasteiger partial charge is 0.398 e. The van der Waals surface area contributed by atoms with Gasteiger partial charge in [-0.15, -0.1) is 11.8 Å². The number of fused-ring (bicyclic) bond motifs is 1. The standard InChI is InChI=1S/C10H12N2OS/c1-14-9-5-8-6(4-7(9)11)2-3-10(13)12-8/h4-5H,2-3,11H2,1H3,(H,12,13). The fourth-order valence-electron chi connectivity index (χ4n) is 1.60. The molecule has 0 saturated heterocycles. The maximum atomic E-state index is 11.2. The van der Waals surface area contributed by atoms with Crippen LogP contribution in [0.5, 0.6) is 0 Å². The van der Waals surface area contributed by atoms with Gasteiger partial charge >= 0.3 is 0 Å². The van der Waals surface area contributed by atoms with Crippen molar-refractivity contribution < 1.29 is 4.79 Å². The number of nitrogens with one attached hydrogen (secondary N) is 1. The molecule has 0 atom stereocenters. The molecule has 3 N–H and O–H groups in total. The van der Waals surface area contributed by atoms with Crippen molar-refractivity contribution in [3.05, 3.63) is 17.7 Å². The van der Waals surface area contributed by atoms with Crippen LogP contribution in [0.2, 0.25) is 0 Å². The summed E-state index contributed by atoms with van der Waals surface area (Å²) in [7, 11) is 0. The highest BCUT2D eigenvalue weighted by molar-refractivity contribution is 7.98. The van der Waals surface area contributed by atoms with Gasteiger partial charge in [0.05, 0.1) is 0 Å². The summed E-state index contributed by atoms with van der Waals surface area (Å²) >= 11 is 1.59. The van der Waals surface area contributed by atoms with Gasteiger partial charge in [-0.2, -0.15) is 0 Å². The number of amides is 1. The predicted octanol–water partition coefficient (Wildman–Crippen LogP) is 1.88. The van der Waals surface area contributed by atoms with E-state index in [1.807, 2.05) is 18.4 Å². The summed E-state index contributed by atoms with van der Waals surface area (Å²) in [5.74, 6) is 0.0920. The van der Waals surface area contributed by atoms with Crippen LogP contribution in [0.3, 0.4) is 0 Å². The van der Waals surface area contributed by atoms with Crippen LogP contribution in [0, 0.1) is 0 Å². The van der Waals surface area contributed by atoms with Crippen molar-refractivity contribution in [1.29, 1.82) is 0 Å². The monoisotopic (exact) mass is 208 g/mol. The Hall–Kier alpha value is -1.16. The number of rotatable bonds is 1. The van der Waals surface area contributed by atoms with E-state index in [2.05, 4.69) is 5.32 Å². The highest BCUT2D eigenvalue weighted by Gasteiger charge is 2.16. The number of hydrogen-bond acceptors (Lipinski definition) is 3. The fourth-order valence-corrected chi connectivity index (χ4v) is 2.13. The third-order valence-electron chi connectivity index (χ3n) is 2.35. The molecule has 2 rings (SSSR count). The Balaban J connectivity index is 2.46. The minimum Gasteiger partial charge on any atom is -0.398 e. The fraction of sp³-hybridized carbons (Fsp3) is 0.300. The van der Waals surface area contributed by atoms with E-state index in [4.69, 9.17) is 5.73 Å². The lowest BCUT2D eigenvalue weighted by Crippen LogP contribution is -2.19. The van der Waals surface area contributed by atoms with Crippen LogP contribution in [0.15, 0.2) is 17.0 Å². The van der Waals surface area contributed by atoms with E-state index in [0.29, 0.717) is 6.42 Å². The normalized spacial score (nSPS) is 14.8. The third-order valence-corrected chi connectivity index (χ3v) is 3.14. The number of benzene rings is 1. The number of thioether (sulfide) groups is 1. The van der Waals surface area contributed by atoms with Crippen molar-refractivity contribution in [3.63, 3.8) is 0 Å². The van der Waals surface area contributed by atoms with Gasteiger partial charge in [0.15, 0.2) is 0 Å². The van der Waals surface area contributed by atoms with E-state index in [0.717, 1.165) is 28.3 Å². The maximum Gasteiger partial charge on any atom is 0.224 e. The second-order valence-corrected chi connectivity index (χ2v) is 4.15. The van der Waals surface area contributed by atoms with Crippen LogP contribution in [-0.4, -0.2) is 12.2 Å². The van der Waals surface area contributed by atoms with Gasteiger partial charge in [0.1, 0.15) is 0 Å². The van der Waals surface area contributed by atoms with Crippen LogP contribution in [0.4, 0.5) is 11.4 Å². The smallest absolute Gasteiger partial charge is 0.224 e. The van der Waals surface area contributed by atoms with Crippen LogP contribution in [-0.2, 0) is 11.2 Å². The Morgan fingerprint density at radius 2 is 2.21 bits per heavy atom. The lowest BCUT2D eigenvalue weighted by atomic mass is 10.0. The van der Waals surface area contributed by atoms with Crippen LogP contribution in [0.1, 0.15) is 12.0 Å². The number of nitrogen functional groups attached to an aromatic ring is 1. The Kier molecular flexibility index (Phi) is 2.37. The number of anilines is 2. The highest BCUT2D eigenvalue weighted by Crippen LogP contribution is 2.32. The SMILES string of the molecule is CSc1cc2c(cc1N)CCC(=O)N2. The van der Waals surface area contributed by atoms with Crippen molar-refractivity contribution in [2.24, 2.45) is 0 Å². The highest BCUT2D eigenvalue weighted by atomic mass is 32.2. The van der Waals surface area contributed by atoms with Crippen LogP contribution < -0.4 is 11.1 Å². The first-order chi connectivity index (χ1) is 6.70. The molecule has 1 aliphatic heterocycles. The molecule has 1 aromatic rings. The molecule has 0 aliphatic carbocycles. The van der Waals surface area contributed by atoms with Gasteiger partial charge in [-0.1, -0.05) is 0 Å². The second-order valence-electron chi connectivity index (χ2n) is 3.30. The minimum absolute atomic E-state index is 0.0920. The van der Waals surface area contributed by atoms with Gasteiger partial charge in [0, 0.05) is 22.7 Å². The van der Waals surface area contributed by atoms with E-state index in [9.17, 15) is 4.79 Å². The zero-order valence-electron chi connectivity index (χ0n) is 7.96. The minimum atomic E-state index is 0.0920. The van der Waals surface area contributed by atoms with Crippen LogP contribution >= 0.6 is 11.8 Å². The molecular formula is C10H12N2OS. The first kappa shape index (κ1) is 9.40. The van der Waals surface area contributed by atoms with E-state index >= 15 is 0 Å². The summed E-state index contributed by atoms with van der Waals surface area (Å²) in [5, 5.41) is 2.85. The molecule has 0 radical (unpaired) electrons. The Bertz CT molecular complexity index is 390. The summed E-state index contributed by atoms with van der Waals surface area (Å²) in [4.78, 5) is 12.2. The summed E-state index contributed by atoms with van der Waals surface area (Å²) in [6.45, 7) is 0. The van der Waals surface area contributed by atoms with Crippen LogP contribution in [0.25, 0.3) is 0 Å². The van der Waals surface area contributed by atoms with E-state index in [-0.39, 0.29) is 5.91 Å². The molecule has 4 heteroatoms. The maximum absolute atomic E-state index is 11.2. The van der Waals surface area contributed by atoms with Crippen molar-refractivity contribution in [3.8, 4) is 0 Å². The average molecular weight is 208 g/mol. The molecule has 1 aliphatic rings. The molecular weight excluding hydrogens is 196 g/mol. The third kappa shape index (κ3) is 1.57. The number of nitrogens with two attached hydrogens (primary N) is 1. The van der Waals surface area contributed by atoms with Gasteiger partial charge in [-0.25, -0.2) is 0 Å². The molecule has 1 amide bonds. The van der Waals surface area contributed by atoms with E-state index in [1.165, 1.54) is 0 Å².